The molecule has 0 fully saturated rings. The maximum absolute atomic E-state index is 11.8. The molecule has 0 aliphatic heterocycles. The highest BCUT2D eigenvalue weighted by Crippen LogP contribution is 2.25. The third-order valence-electron chi connectivity index (χ3n) is 2.75. The van der Waals surface area contributed by atoms with Crippen LogP contribution in [-0.4, -0.2) is 6.16 Å². The summed E-state index contributed by atoms with van der Waals surface area (Å²) in [6, 6.07) is 18.4. The number of ether oxygens (including phenoxy) is 2. The quantitative estimate of drug-likeness (QED) is 0.611. The van der Waals surface area contributed by atoms with Crippen LogP contribution in [0.2, 0.25) is 0 Å². The average Bonchev–Trinajstić information content (AvgIpc) is 2.40. The number of para-hydroxylation sites is 1. The first-order valence-electron chi connectivity index (χ1n) is 6.09. The van der Waals surface area contributed by atoms with Crippen molar-refractivity contribution in [3.05, 3.63) is 66.2 Å². The Hall–Kier alpha value is -2.29. The highest BCUT2D eigenvalue weighted by atomic mass is 16.7. The minimum Gasteiger partial charge on any atom is -0.423 e. The van der Waals surface area contributed by atoms with Crippen LogP contribution in [0.25, 0.3) is 0 Å². The van der Waals surface area contributed by atoms with E-state index in [1.807, 2.05) is 50.2 Å². The minimum absolute atomic E-state index is 0.469. The van der Waals surface area contributed by atoms with Crippen molar-refractivity contribution in [2.24, 2.45) is 0 Å². The number of hydrogen-bond acceptors (Lipinski definition) is 3. The molecular weight excluding hydrogens is 240 g/mol. The Morgan fingerprint density at radius 1 is 0.895 bits per heavy atom. The lowest BCUT2D eigenvalue weighted by molar-refractivity contribution is 0.00637. The second kappa shape index (κ2) is 5.57. The van der Waals surface area contributed by atoms with E-state index in [4.69, 9.17) is 9.47 Å². The third-order valence-corrected chi connectivity index (χ3v) is 2.75. The lowest BCUT2D eigenvalue weighted by Gasteiger charge is -2.24. The number of carbonyl (C=O) groups excluding carboxylic acids is 1. The van der Waals surface area contributed by atoms with Crippen LogP contribution in [0.3, 0.4) is 0 Å². The zero-order valence-electron chi connectivity index (χ0n) is 11.0. The maximum atomic E-state index is 11.8. The van der Waals surface area contributed by atoms with Crippen molar-refractivity contribution >= 4 is 6.16 Å². The van der Waals surface area contributed by atoms with Gasteiger partial charge in [0.1, 0.15) is 11.4 Å². The van der Waals surface area contributed by atoms with Crippen molar-refractivity contribution in [3.63, 3.8) is 0 Å². The van der Waals surface area contributed by atoms with Crippen LogP contribution in [0.4, 0.5) is 4.79 Å². The van der Waals surface area contributed by atoms with Crippen LogP contribution < -0.4 is 4.74 Å². The number of rotatable bonds is 3. The Balaban J connectivity index is 2.02. The van der Waals surface area contributed by atoms with E-state index in [1.54, 1.807) is 24.3 Å². The molecule has 0 bridgehead atoms. The van der Waals surface area contributed by atoms with Crippen LogP contribution in [0.1, 0.15) is 19.4 Å². The van der Waals surface area contributed by atoms with E-state index < -0.39 is 11.8 Å². The van der Waals surface area contributed by atoms with Gasteiger partial charge in [0, 0.05) is 0 Å². The molecule has 0 aliphatic rings. The summed E-state index contributed by atoms with van der Waals surface area (Å²) in [5, 5.41) is 0. The van der Waals surface area contributed by atoms with Crippen molar-refractivity contribution in [2.45, 2.75) is 19.4 Å². The molecule has 98 valence electrons. The maximum Gasteiger partial charge on any atom is 0.514 e. The smallest absolute Gasteiger partial charge is 0.423 e. The molecule has 3 heteroatoms. The topological polar surface area (TPSA) is 35.5 Å². The first-order valence-corrected chi connectivity index (χ1v) is 6.09. The Bertz CT molecular complexity index is 532. The van der Waals surface area contributed by atoms with E-state index in [9.17, 15) is 4.79 Å². The molecule has 0 unspecified atom stereocenters. The molecule has 0 saturated carbocycles. The van der Waals surface area contributed by atoms with E-state index in [2.05, 4.69) is 0 Å². The van der Waals surface area contributed by atoms with Gasteiger partial charge in [-0.3, -0.25) is 0 Å². The largest absolute Gasteiger partial charge is 0.514 e. The van der Waals surface area contributed by atoms with Gasteiger partial charge in [0.25, 0.3) is 0 Å². The fourth-order valence-corrected chi connectivity index (χ4v) is 1.71. The second-order valence-corrected chi connectivity index (χ2v) is 4.64. The first-order chi connectivity index (χ1) is 9.08. The molecule has 0 N–H and O–H groups in total. The van der Waals surface area contributed by atoms with E-state index in [0.29, 0.717) is 5.75 Å². The summed E-state index contributed by atoms with van der Waals surface area (Å²) in [5.41, 5.74) is 0.188. The lowest BCUT2D eigenvalue weighted by atomic mass is 9.98. The molecule has 3 nitrogen and oxygen atoms in total. The molecule has 0 saturated heterocycles. The third kappa shape index (κ3) is 3.58. The standard InChI is InChI=1S/C16H16O3/c1-16(2,13-9-5-3-6-10-13)19-15(17)18-14-11-7-4-8-12-14/h3-12H,1-2H3. The molecule has 2 rings (SSSR count). The predicted octanol–water partition coefficient (Wildman–Crippen LogP) is 4.14. The Morgan fingerprint density at radius 2 is 1.42 bits per heavy atom. The summed E-state index contributed by atoms with van der Waals surface area (Å²) in [6.45, 7) is 3.66. The van der Waals surface area contributed by atoms with Gasteiger partial charge in [-0.1, -0.05) is 48.5 Å². The molecule has 19 heavy (non-hydrogen) atoms. The van der Waals surface area contributed by atoms with Gasteiger partial charge < -0.3 is 9.47 Å². The predicted molar refractivity (Wildman–Crippen MR) is 73.0 cm³/mol. The monoisotopic (exact) mass is 256 g/mol. The van der Waals surface area contributed by atoms with Gasteiger partial charge >= 0.3 is 6.16 Å². The molecule has 0 aliphatic carbocycles. The Morgan fingerprint density at radius 3 is 2.00 bits per heavy atom. The summed E-state index contributed by atoms with van der Waals surface area (Å²) in [7, 11) is 0. The van der Waals surface area contributed by atoms with E-state index >= 15 is 0 Å². The summed E-state index contributed by atoms with van der Waals surface area (Å²) in [4.78, 5) is 11.8. The van der Waals surface area contributed by atoms with Crippen LogP contribution in [0.15, 0.2) is 60.7 Å². The van der Waals surface area contributed by atoms with Crippen molar-refractivity contribution in [1.82, 2.24) is 0 Å². The molecule has 0 spiro atoms. The summed E-state index contributed by atoms with van der Waals surface area (Å²) in [5.74, 6) is 0.469. The molecule has 2 aromatic rings. The Kier molecular flexibility index (Phi) is 3.85. The van der Waals surface area contributed by atoms with Crippen LogP contribution in [0, 0.1) is 0 Å². The average molecular weight is 256 g/mol. The van der Waals surface area contributed by atoms with E-state index in [1.165, 1.54) is 0 Å². The molecular formula is C16H16O3. The summed E-state index contributed by atoms with van der Waals surface area (Å²) < 4.78 is 10.5. The zero-order valence-corrected chi connectivity index (χ0v) is 11.0. The summed E-state index contributed by atoms with van der Waals surface area (Å²) >= 11 is 0. The molecule has 2 aromatic carbocycles. The fraction of sp³-hybridized carbons (Fsp3) is 0.188. The molecule has 0 amide bonds. The van der Waals surface area contributed by atoms with Crippen molar-refractivity contribution in [1.29, 1.82) is 0 Å². The van der Waals surface area contributed by atoms with E-state index in [0.717, 1.165) is 5.56 Å². The van der Waals surface area contributed by atoms with Crippen LogP contribution >= 0.6 is 0 Å². The van der Waals surface area contributed by atoms with Gasteiger partial charge in [0.2, 0.25) is 0 Å². The number of benzene rings is 2. The highest BCUT2D eigenvalue weighted by molar-refractivity contribution is 5.64. The van der Waals surface area contributed by atoms with Gasteiger partial charge in [-0.2, -0.15) is 0 Å². The van der Waals surface area contributed by atoms with Crippen molar-refractivity contribution in [3.8, 4) is 5.75 Å². The molecule has 0 atom stereocenters. The minimum atomic E-state index is -0.729. The SMILES string of the molecule is CC(C)(OC(=O)Oc1ccccc1)c1ccccc1. The Labute approximate surface area is 112 Å². The number of hydrogen-bond donors (Lipinski definition) is 0. The van der Waals surface area contributed by atoms with Gasteiger partial charge in [-0.05, 0) is 31.5 Å². The van der Waals surface area contributed by atoms with Gasteiger partial charge in [0.05, 0.1) is 0 Å². The second-order valence-electron chi connectivity index (χ2n) is 4.64. The van der Waals surface area contributed by atoms with Crippen molar-refractivity contribution in [2.75, 3.05) is 0 Å². The van der Waals surface area contributed by atoms with Crippen LogP contribution in [-0.2, 0) is 10.3 Å². The van der Waals surface area contributed by atoms with E-state index in [-0.39, 0.29) is 0 Å². The summed E-state index contributed by atoms with van der Waals surface area (Å²) in [6.07, 6.45) is -0.708. The fourth-order valence-electron chi connectivity index (χ4n) is 1.71. The van der Waals surface area contributed by atoms with Crippen LogP contribution in [0.5, 0.6) is 5.75 Å². The van der Waals surface area contributed by atoms with Crippen molar-refractivity contribution < 1.29 is 14.3 Å². The van der Waals surface area contributed by atoms with Gasteiger partial charge in [-0.15, -0.1) is 0 Å². The molecule has 0 heterocycles. The molecule has 0 aromatic heterocycles. The lowest BCUT2D eigenvalue weighted by Crippen LogP contribution is -2.27. The molecule has 0 radical (unpaired) electrons. The number of carbonyl (C=O) groups is 1. The van der Waals surface area contributed by atoms with Gasteiger partial charge in [0.15, 0.2) is 0 Å². The first kappa shape index (κ1) is 13.1. The normalized spacial score (nSPS) is 10.8. The zero-order chi connectivity index (χ0) is 13.7. The van der Waals surface area contributed by atoms with Gasteiger partial charge in [-0.25, -0.2) is 4.79 Å². The highest BCUT2D eigenvalue weighted by Gasteiger charge is 2.26.